The molecule has 1 aromatic carbocycles. The van der Waals surface area contributed by atoms with Crippen LogP contribution in [0.5, 0.6) is 11.5 Å². The first-order valence-electron chi connectivity index (χ1n) is 6.22. The molecule has 5 heteroatoms. The SMILES string of the molecule is Clc1cc(CNC2CCCOC2)cc2c1OCO2. The highest BCUT2D eigenvalue weighted by atomic mass is 35.5. The van der Waals surface area contributed by atoms with Crippen molar-refractivity contribution in [2.45, 2.75) is 25.4 Å². The number of benzene rings is 1. The zero-order valence-electron chi connectivity index (χ0n) is 10.1. The van der Waals surface area contributed by atoms with E-state index in [1.165, 1.54) is 0 Å². The van der Waals surface area contributed by atoms with E-state index in [1.807, 2.05) is 12.1 Å². The van der Waals surface area contributed by atoms with Crippen LogP contribution in [0.1, 0.15) is 18.4 Å². The van der Waals surface area contributed by atoms with Crippen LogP contribution in [0.3, 0.4) is 0 Å². The highest BCUT2D eigenvalue weighted by Gasteiger charge is 2.19. The molecule has 1 atom stereocenters. The number of ether oxygens (including phenoxy) is 3. The second-order valence-corrected chi connectivity index (χ2v) is 5.01. The minimum Gasteiger partial charge on any atom is -0.454 e. The van der Waals surface area contributed by atoms with Gasteiger partial charge in [0, 0.05) is 19.2 Å². The van der Waals surface area contributed by atoms with E-state index in [0.717, 1.165) is 43.9 Å². The van der Waals surface area contributed by atoms with Crippen molar-refractivity contribution in [1.29, 1.82) is 0 Å². The maximum Gasteiger partial charge on any atom is 0.231 e. The molecule has 3 rings (SSSR count). The number of hydrogen-bond acceptors (Lipinski definition) is 4. The van der Waals surface area contributed by atoms with Gasteiger partial charge in [0.15, 0.2) is 11.5 Å². The summed E-state index contributed by atoms with van der Waals surface area (Å²) in [5.74, 6) is 1.39. The molecule has 1 saturated heterocycles. The molecule has 0 aliphatic carbocycles. The number of rotatable bonds is 3. The topological polar surface area (TPSA) is 39.7 Å². The summed E-state index contributed by atoms with van der Waals surface area (Å²) in [4.78, 5) is 0. The summed E-state index contributed by atoms with van der Waals surface area (Å²) >= 11 is 6.14. The molecular formula is C13H16ClNO3. The molecule has 1 fully saturated rings. The summed E-state index contributed by atoms with van der Waals surface area (Å²) in [7, 11) is 0. The van der Waals surface area contributed by atoms with E-state index >= 15 is 0 Å². The van der Waals surface area contributed by atoms with Gasteiger partial charge in [0.1, 0.15) is 0 Å². The van der Waals surface area contributed by atoms with Crippen LogP contribution in [0.25, 0.3) is 0 Å². The second kappa shape index (κ2) is 5.34. The van der Waals surface area contributed by atoms with Crippen molar-refractivity contribution in [3.8, 4) is 11.5 Å². The molecule has 2 aliphatic rings. The molecular weight excluding hydrogens is 254 g/mol. The first-order chi connectivity index (χ1) is 8.83. The summed E-state index contributed by atoms with van der Waals surface area (Å²) in [6.07, 6.45) is 2.29. The zero-order chi connectivity index (χ0) is 12.4. The van der Waals surface area contributed by atoms with Crippen molar-refractivity contribution in [3.05, 3.63) is 22.7 Å². The summed E-state index contributed by atoms with van der Waals surface area (Å²) in [5.41, 5.74) is 1.11. The maximum absolute atomic E-state index is 6.14. The van der Waals surface area contributed by atoms with Gasteiger partial charge in [-0.3, -0.25) is 0 Å². The third-order valence-corrected chi connectivity index (χ3v) is 3.52. The average molecular weight is 270 g/mol. The second-order valence-electron chi connectivity index (χ2n) is 4.61. The van der Waals surface area contributed by atoms with E-state index in [1.54, 1.807) is 0 Å². The fourth-order valence-corrected chi connectivity index (χ4v) is 2.57. The van der Waals surface area contributed by atoms with Crippen LogP contribution in [-0.2, 0) is 11.3 Å². The van der Waals surface area contributed by atoms with E-state index in [-0.39, 0.29) is 6.79 Å². The molecule has 1 unspecified atom stereocenters. The Morgan fingerprint density at radius 2 is 2.28 bits per heavy atom. The number of hydrogen-bond donors (Lipinski definition) is 1. The predicted molar refractivity (Wildman–Crippen MR) is 68.3 cm³/mol. The first-order valence-corrected chi connectivity index (χ1v) is 6.60. The number of nitrogens with one attached hydrogen (secondary N) is 1. The molecule has 98 valence electrons. The molecule has 0 radical (unpaired) electrons. The van der Waals surface area contributed by atoms with E-state index in [2.05, 4.69) is 5.32 Å². The largest absolute Gasteiger partial charge is 0.454 e. The molecule has 0 spiro atoms. The first kappa shape index (κ1) is 12.1. The zero-order valence-corrected chi connectivity index (χ0v) is 10.8. The van der Waals surface area contributed by atoms with E-state index in [4.69, 9.17) is 25.8 Å². The Balaban J connectivity index is 1.64. The molecule has 2 aliphatic heterocycles. The smallest absolute Gasteiger partial charge is 0.231 e. The Hall–Kier alpha value is -0.970. The van der Waals surface area contributed by atoms with Crippen molar-refractivity contribution in [2.75, 3.05) is 20.0 Å². The van der Waals surface area contributed by atoms with Gasteiger partial charge in [-0.25, -0.2) is 0 Å². The molecule has 0 amide bonds. The van der Waals surface area contributed by atoms with Crippen LogP contribution in [0.15, 0.2) is 12.1 Å². The van der Waals surface area contributed by atoms with Gasteiger partial charge in [0.2, 0.25) is 6.79 Å². The minimum atomic E-state index is 0.252. The van der Waals surface area contributed by atoms with Crippen molar-refractivity contribution in [2.24, 2.45) is 0 Å². The van der Waals surface area contributed by atoms with Crippen molar-refractivity contribution < 1.29 is 14.2 Å². The average Bonchev–Trinajstić information content (AvgIpc) is 2.86. The molecule has 4 nitrogen and oxygen atoms in total. The number of halogens is 1. The Morgan fingerprint density at radius 3 is 3.11 bits per heavy atom. The van der Waals surface area contributed by atoms with Gasteiger partial charge >= 0.3 is 0 Å². The van der Waals surface area contributed by atoms with E-state index in [0.29, 0.717) is 16.8 Å². The lowest BCUT2D eigenvalue weighted by Crippen LogP contribution is -2.36. The van der Waals surface area contributed by atoms with Gasteiger partial charge < -0.3 is 19.5 Å². The maximum atomic E-state index is 6.14. The minimum absolute atomic E-state index is 0.252. The predicted octanol–water partition coefficient (Wildman–Crippen LogP) is 2.34. The summed E-state index contributed by atoms with van der Waals surface area (Å²) in [5, 5.41) is 4.09. The standard InChI is InChI=1S/C13H16ClNO3/c14-11-4-9(5-12-13(11)18-8-17-12)6-15-10-2-1-3-16-7-10/h4-5,10,15H,1-3,6-8H2. The molecule has 0 saturated carbocycles. The van der Waals surface area contributed by atoms with Crippen LogP contribution >= 0.6 is 11.6 Å². The third-order valence-electron chi connectivity index (χ3n) is 3.24. The Kier molecular flexibility index (Phi) is 3.59. The van der Waals surface area contributed by atoms with Crippen molar-refractivity contribution in [1.82, 2.24) is 5.32 Å². The molecule has 0 aromatic heterocycles. The van der Waals surface area contributed by atoms with Gasteiger partial charge in [0.25, 0.3) is 0 Å². The molecule has 18 heavy (non-hydrogen) atoms. The Morgan fingerprint density at radius 1 is 1.33 bits per heavy atom. The monoisotopic (exact) mass is 269 g/mol. The van der Waals surface area contributed by atoms with E-state index < -0.39 is 0 Å². The van der Waals surface area contributed by atoms with Crippen LogP contribution in [0, 0.1) is 0 Å². The third kappa shape index (κ3) is 2.55. The van der Waals surface area contributed by atoms with Gasteiger partial charge in [0.05, 0.1) is 11.6 Å². The fraction of sp³-hybridized carbons (Fsp3) is 0.538. The summed E-state index contributed by atoms with van der Waals surface area (Å²) in [6.45, 7) is 2.69. The number of fused-ring (bicyclic) bond motifs is 1. The van der Waals surface area contributed by atoms with Crippen molar-refractivity contribution >= 4 is 11.6 Å². The molecule has 2 heterocycles. The van der Waals surface area contributed by atoms with Gasteiger partial charge in [-0.15, -0.1) is 0 Å². The lowest BCUT2D eigenvalue weighted by atomic mass is 10.1. The molecule has 1 aromatic rings. The van der Waals surface area contributed by atoms with Gasteiger partial charge in [-0.2, -0.15) is 0 Å². The van der Waals surface area contributed by atoms with Crippen molar-refractivity contribution in [3.63, 3.8) is 0 Å². The fourth-order valence-electron chi connectivity index (χ4n) is 2.29. The van der Waals surface area contributed by atoms with Crippen LogP contribution in [0.2, 0.25) is 5.02 Å². The highest BCUT2D eigenvalue weighted by Crippen LogP contribution is 2.39. The van der Waals surface area contributed by atoms with Gasteiger partial charge in [-0.05, 0) is 30.5 Å². The molecule has 1 N–H and O–H groups in total. The lowest BCUT2D eigenvalue weighted by Gasteiger charge is -2.23. The lowest BCUT2D eigenvalue weighted by molar-refractivity contribution is 0.0699. The van der Waals surface area contributed by atoms with Gasteiger partial charge in [-0.1, -0.05) is 11.6 Å². The molecule has 0 bridgehead atoms. The Bertz CT molecular complexity index is 432. The van der Waals surface area contributed by atoms with Crippen LogP contribution in [0.4, 0.5) is 0 Å². The Labute approximate surface area is 111 Å². The summed E-state index contributed by atoms with van der Waals surface area (Å²) < 4.78 is 16.1. The summed E-state index contributed by atoms with van der Waals surface area (Å²) in [6, 6.07) is 4.33. The highest BCUT2D eigenvalue weighted by molar-refractivity contribution is 6.32. The van der Waals surface area contributed by atoms with Crippen LogP contribution in [-0.4, -0.2) is 26.0 Å². The van der Waals surface area contributed by atoms with E-state index in [9.17, 15) is 0 Å². The normalized spacial score (nSPS) is 22.2. The quantitative estimate of drug-likeness (QED) is 0.914. The van der Waals surface area contributed by atoms with Crippen LogP contribution < -0.4 is 14.8 Å².